The molecule has 0 radical (unpaired) electrons. The molecule has 0 saturated carbocycles. The molecule has 0 aliphatic rings. The third kappa shape index (κ3) is 3.86. The normalized spacial score (nSPS) is 12.1. The Labute approximate surface area is 110 Å². The lowest BCUT2D eigenvalue weighted by atomic mass is 10.1. The Balaban J connectivity index is 1.82. The molecule has 0 saturated heterocycles. The lowest BCUT2D eigenvalue weighted by Crippen LogP contribution is -2.29. The van der Waals surface area contributed by atoms with Gasteiger partial charge in [0.1, 0.15) is 17.6 Å². The van der Waals surface area contributed by atoms with Gasteiger partial charge in [0.05, 0.1) is 19.2 Å². The second-order valence-corrected chi connectivity index (χ2v) is 4.18. The van der Waals surface area contributed by atoms with Gasteiger partial charge in [-0.05, 0) is 29.8 Å². The number of aliphatic hydroxyl groups excluding tert-OH is 1. The van der Waals surface area contributed by atoms with Gasteiger partial charge in [0, 0.05) is 0 Å². The molecular formula is C14H15NO4. The molecule has 0 aliphatic heterocycles. The molecule has 0 aliphatic carbocycles. The van der Waals surface area contributed by atoms with E-state index < -0.39 is 6.10 Å². The smallest absolute Gasteiger partial charge is 0.224 e. The van der Waals surface area contributed by atoms with E-state index >= 15 is 0 Å². The number of hydrogen-bond acceptors (Lipinski definition) is 4. The predicted molar refractivity (Wildman–Crippen MR) is 68.5 cm³/mol. The minimum atomic E-state index is -0.858. The van der Waals surface area contributed by atoms with Crippen LogP contribution in [0.2, 0.25) is 0 Å². The number of carbonyl (C=O) groups is 1. The van der Waals surface area contributed by atoms with E-state index in [2.05, 4.69) is 5.32 Å². The molecule has 5 nitrogen and oxygen atoms in total. The first-order chi connectivity index (χ1) is 9.15. The Hall–Kier alpha value is -2.27. The fraction of sp³-hybridized carbons (Fsp3) is 0.214. The van der Waals surface area contributed by atoms with E-state index in [-0.39, 0.29) is 24.6 Å². The fourth-order valence-corrected chi connectivity index (χ4v) is 1.71. The number of aromatic hydroxyl groups is 1. The molecule has 1 heterocycles. The summed E-state index contributed by atoms with van der Waals surface area (Å²) in [5.74, 6) is 0.315. The minimum absolute atomic E-state index is 0.0885. The number of phenolic OH excluding ortho intramolecular Hbond substituents is 1. The Morgan fingerprint density at radius 3 is 2.84 bits per heavy atom. The molecule has 2 rings (SSSR count). The van der Waals surface area contributed by atoms with E-state index in [1.165, 1.54) is 12.3 Å². The highest BCUT2D eigenvalue weighted by Gasteiger charge is 2.12. The number of rotatable bonds is 5. The van der Waals surface area contributed by atoms with Crippen LogP contribution in [-0.4, -0.2) is 22.7 Å². The van der Waals surface area contributed by atoms with Gasteiger partial charge in [-0.15, -0.1) is 0 Å². The summed E-state index contributed by atoms with van der Waals surface area (Å²) in [7, 11) is 0. The van der Waals surface area contributed by atoms with E-state index in [1.54, 1.807) is 30.3 Å². The Morgan fingerprint density at radius 1 is 1.32 bits per heavy atom. The number of carbonyl (C=O) groups excluding carboxylic acids is 1. The lowest BCUT2D eigenvalue weighted by Gasteiger charge is -2.09. The Kier molecular flexibility index (Phi) is 4.20. The highest BCUT2D eigenvalue weighted by molar-refractivity contribution is 5.78. The van der Waals surface area contributed by atoms with Gasteiger partial charge < -0.3 is 19.9 Å². The second-order valence-electron chi connectivity index (χ2n) is 4.18. The van der Waals surface area contributed by atoms with E-state index in [4.69, 9.17) is 4.42 Å². The van der Waals surface area contributed by atoms with E-state index in [9.17, 15) is 15.0 Å². The van der Waals surface area contributed by atoms with Gasteiger partial charge >= 0.3 is 0 Å². The van der Waals surface area contributed by atoms with Crippen LogP contribution in [0.25, 0.3) is 0 Å². The highest BCUT2D eigenvalue weighted by Crippen LogP contribution is 2.13. The van der Waals surface area contributed by atoms with Crippen LogP contribution < -0.4 is 5.32 Å². The zero-order valence-electron chi connectivity index (χ0n) is 10.2. The van der Waals surface area contributed by atoms with Crippen molar-refractivity contribution in [1.82, 2.24) is 5.32 Å². The Bertz CT molecular complexity index is 536. The van der Waals surface area contributed by atoms with Crippen molar-refractivity contribution in [2.75, 3.05) is 6.54 Å². The molecule has 0 fully saturated rings. The summed E-state index contributed by atoms with van der Waals surface area (Å²) in [5.41, 5.74) is 0.713. The van der Waals surface area contributed by atoms with Crippen LogP contribution in [0, 0.1) is 0 Å². The van der Waals surface area contributed by atoms with Crippen molar-refractivity contribution in [3.63, 3.8) is 0 Å². The van der Waals surface area contributed by atoms with Crippen molar-refractivity contribution < 1.29 is 19.4 Å². The van der Waals surface area contributed by atoms with Crippen molar-refractivity contribution in [3.8, 4) is 5.75 Å². The van der Waals surface area contributed by atoms with Gasteiger partial charge in [-0.2, -0.15) is 0 Å². The summed E-state index contributed by atoms with van der Waals surface area (Å²) < 4.78 is 5.03. The maximum absolute atomic E-state index is 11.7. The maximum Gasteiger partial charge on any atom is 0.224 e. The summed E-state index contributed by atoms with van der Waals surface area (Å²) in [6.07, 6.45) is 0.759. The van der Waals surface area contributed by atoms with E-state index in [0.717, 1.165) is 0 Å². The zero-order valence-corrected chi connectivity index (χ0v) is 10.2. The molecule has 2 aromatic rings. The van der Waals surface area contributed by atoms with E-state index in [1.807, 2.05) is 0 Å². The van der Waals surface area contributed by atoms with Crippen molar-refractivity contribution >= 4 is 5.91 Å². The minimum Gasteiger partial charge on any atom is -0.508 e. The zero-order chi connectivity index (χ0) is 13.7. The molecule has 5 heteroatoms. The van der Waals surface area contributed by atoms with Crippen LogP contribution in [0.15, 0.2) is 47.1 Å². The van der Waals surface area contributed by atoms with Crippen molar-refractivity contribution in [1.29, 1.82) is 0 Å². The van der Waals surface area contributed by atoms with Gasteiger partial charge in [-0.1, -0.05) is 12.1 Å². The average molecular weight is 261 g/mol. The van der Waals surface area contributed by atoms with Gasteiger partial charge in [0.2, 0.25) is 5.91 Å². The fourth-order valence-electron chi connectivity index (χ4n) is 1.71. The van der Waals surface area contributed by atoms with Crippen molar-refractivity contribution in [3.05, 3.63) is 54.0 Å². The van der Waals surface area contributed by atoms with Crippen molar-refractivity contribution in [2.24, 2.45) is 0 Å². The summed E-state index contributed by atoms with van der Waals surface area (Å²) in [4.78, 5) is 11.7. The summed E-state index contributed by atoms with van der Waals surface area (Å²) >= 11 is 0. The first kappa shape index (κ1) is 13.2. The molecule has 1 aromatic heterocycles. The van der Waals surface area contributed by atoms with Gasteiger partial charge in [-0.3, -0.25) is 4.79 Å². The van der Waals surface area contributed by atoms with Crippen LogP contribution in [0.1, 0.15) is 17.4 Å². The van der Waals surface area contributed by atoms with Gasteiger partial charge in [-0.25, -0.2) is 0 Å². The molecule has 100 valence electrons. The molecule has 1 aromatic carbocycles. The third-order valence-electron chi connectivity index (χ3n) is 2.64. The molecule has 1 unspecified atom stereocenters. The van der Waals surface area contributed by atoms with Gasteiger partial charge in [0.15, 0.2) is 0 Å². The number of nitrogens with one attached hydrogen (secondary N) is 1. The third-order valence-corrected chi connectivity index (χ3v) is 2.64. The van der Waals surface area contributed by atoms with Crippen LogP contribution in [-0.2, 0) is 11.2 Å². The SMILES string of the molecule is O=C(Cc1cccc(O)c1)NCC(O)c1ccco1. The number of phenols is 1. The largest absolute Gasteiger partial charge is 0.508 e. The summed E-state index contributed by atoms with van der Waals surface area (Å²) in [6, 6.07) is 9.82. The first-order valence-corrected chi connectivity index (χ1v) is 5.91. The summed E-state index contributed by atoms with van der Waals surface area (Å²) in [6.45, 7) is 0.0885. The monoisotopic (exact) mass is 261 g/mol. The predicted octanol–water partition coefficient (Wildman–Crippen LogP) is 1.38. The average Bonchev–Trinajstić information content (AvgIpc) is 2.90. The molecule has 19 heavy (non-hydrogen) atoms. The molecule has 1 amide bonds. The number of aliphatic hydroxyl groups is 1. The van der Waals surface area contributed by atoms with Crippen LogP contribution in [0.5, 0.6) is 5.75 Å². The van der Waals surface area contributed by atoms with Crippen molar-refractivity contribution in [2.45, 2.75) is 12.5 Å². The molecule has 1 atom stereocenters. The molecule has 0 bridgehead atoms. The molecule has 3 N–H and O–H groups in total. The quantitative estimate of drug-likeness (QED) is 0.759. The summed E-state index contributed by atoms with van der Waals surface area (Å²) in [5, 5.41) is 21.6. The lowest BCUT2D eigenvalue weighted by molar-refractivity contribution is -0.120. The number of hydrogen-bond donors (Lipinski definition) is 3. The van der Waals surface area contributed by atoms with E-state index in [0.29, 0.717) is 11.3 Å². The molecular weight excluding hydrogens is 246 g/mol. The second kappa shape index (κ2) is 6.06. The number of benzene rings is 1. The van der Waals surface area contributed by atoms with Crippen LogP contribution in [0.4, 0.5) is 0 Å². The number of furan rings is 1. The maximum atomic E-state index is 11.7. The molecule has 0 spiro atoms. The van der Waals surface area contributed by atoms with Gasteiger partial charge in [0.25, 0.3) is 0 Å². The topological polar surface area (TPSA) is 82.7 Å². The van der Waals surface area contributed by atoms with Crippen LogP contribution in [0.3, 0.4) is 0 Å². The highest BCUT2D eigenvalue weighted by atomic mass is 16.4. The standard InChI is InChI=1S/C14H15NO4/c16-11-4-1-3-10(7-11)8-14(18)15-9-12(17)13-5-2-6-19-13/h1-7,12,16-17H,8-9H2,(H,15,18). The number of amides is 1. The van der Waals surface area contributed by atoms with Crippen LogP contribution >= 0.6 is 0 Å². The first-order valence-electron chi connectivity index (χ1n) is 5.91. The Morgan fingerprint density at radius 2 is 2.16 bits per heavy atom.